The minimum Gasteiger partial charge on any atom is -0.355 e. The van der Waals surface area contributed by atoms with Crippen LogP contribution in [-0.2, 0) is 0 Å². The predicted octanol–water partition coefficient (Wildman–Crippen LogP) is 9.86. The Labute approximate surface area is 222 Å². The molecule has 0 fully saturated rings. The molecule has 2 heteroatoms. The molecule has 0 atom stereocenters. The van der Waals surface area contributed by atoms with E-state index >= 15 is 0 Å². The molecule has 0 saturated heterocycles. The third-order valence-corrected chi connectivity index (χ3v) is 7.21. The maximum atomic E-state index is 3.64. The van der Waals surface area contributed by atoms with Crippen molar-refractivity contribution in [2.24, 2.45) is 0 Å². The monoisotopic (exact) mass is 486 g/mol. The van der Waals surface area contributed by atoms with Gasteiger partial charge in [0.15, 0.2) is 0 Å². The summed E-state index contributed by atoms with van der Waals surface area (Å²) in [5, 5.41) is 6.18. The molecule has 0 spiro atoms. The quantitative estimate of drug-likeness (QED) is 0.256. The number of rotatable bonds is 5. The van der Waals surface area contributed by atoms with Gasteiger partial charge >= 0.3 is 0 Å². The van der Waals surface area contributed by atoms with Gasteiger partial charge in [0.05, 0.1) is 16.7 Å². The van der Waals surface area contributed by atoms with Crippen LogP contribution in [0.2, 0.25) is 0 Å². The smallest absolute Gasteiger partial charge is 0.0541 e. The van der Waals surface area contributed by atoms with Crippen molar-refractivity contribution in [3.8, 4) is 27.9 Å². The number of nitrogens with zero attached hydrogens (tertiary/aromatic N) is 1. The molecule has 0 aliphatic heterocycles. The zero-order valence-electron chi connectivity index (χ0n) is 20.9. The second kappa shape index (κ2) is 9.42. The number of nitrogens with one attached hydrogen (secondary N) is 1. The highest BCUT2D eigenvalue weighted by Gasteiger charge is 2.15. The van der Waals surface area contributed by atoms with Crippen LogP contribution in [-0.4, -0.2) is 4.57 Å². The average Bonchev–Trinajstić information content (AvgIpc) is 3.33. The van der Waals surface area contributed by atoms with Crippen LogP contribution in [0.5, 0.6) is 0 Å². The van der Waals surface area contributed by atoms with Gasteiger partial charge in [-0.15, -0.1) is 0 Å². The highest BCUT2D eigenvalue weighted by Crippen LogP contribution is 2.37. The molecule has 6 aromatic carbocycles. The van der Waals surface area contributed by atoms with Crippen LogP contribution in [0.15, 0.2) is 152 Å². The van der Waals surface area contributed by atoms with E-state index in [0.29, 0.717) is 0 Å². The summed E-state index contributed by atoms with van der Waals surface area (Å²) in [5.41, 5.74) is 10.6. The van der Waals surface area contributed by atoms with Crippen LogP contribution in [0.4, 0.5) is 11.4 Å². The molecule has 0 amide bonds. The fourth-order valence-corrected chi connectivity index (χ4v) is 5.44. The van der Waals surface area contributed by atoms with E-state index in [1.165, 1.54) is 49.7 Å². The number of anilines is 2. The Kier molecular flexibility index (Phi) is 5.49. The van der Waals surface area contributed by atoms with Crippen molar-refractivity contribution >= 4 is 33.2 Å². The van der Waals surface area contributed by atoms with Gasteiger partial charge in [0.25, 0.3) is 0 Å². The maximum absolute atomic E-state index is 3.64. The largest absolute Gasteiger partial charge is 0.355 e. The Morgan fingerprint density at radius 2 is 0.921 bits per heavy atom. The summed E-state index contributed by atoms with van der Waals surface area (Å²) >= 11 is 0. The Hall–Kier alpha value is -5.08. The molecule has 180 valence electrons. The Morgan fingerprint density at radius 3 is 1.63 bits per heavy atom. The molecule has 0 bridgehead atoms. The van der Waals surface area contributed by atoms with Gasteiger partial charge in [-0.05, 0) is 47.5 Å². The second-order valence-electron chi connectivity index (χ2n) is 9.50. The Morgan fingerprint density at radius 1 is 0.395 bits per heavy atom. The lowest BCUT2D eigenvalue weighted by atomic mass is 10.0. The summed E-state index contributed by atoms with van der Waals surface area (Å²) in [6.07, 6.45) is 0. The van der Waals surface area contributed by atoms with Crippen molar-refractivity contribution in [3.63, 3.8) is 0 Å². The van der Waals surface area contributed by atoms with Crippen molar-refractivity contribution in [3.05, 3.63) is 152 Å². The van der Waals surface area contributed by atoms with E-state index in [9.17, 15) is 0 Å². The summed E-state index contributed by atoms with van der Waals surface area (Å²) in [4.78, 5) is 0. The van der Waals surface area contributed by atoms with E-state index in [1.54, 1.807) is 0 Å². The lowest BCUT2D eigenvalue weighted by molar-refractivity contribution is 1.18. The van der Waals surface area contributed by atoms with Crippen molar-refractivity contribution in [2.75, 3.05) is 5.32 Å². The van der Waals surface area contributed by atoms with Gasteiger partial charge in [-0.25, -0.2) is 0 Å². The summed E-state index contributed by atoms with van der Waals surface area (Å²) < 4.78 is 2.39. The summed E-state index contributed by atoms with van der Waals surface area (Å²) in [7, 11) is 0. The van der Waals surface area contributed by atoms with Gasteiger partial charge in [-0.2, -0.15) is 0 Å². The van der Waals surface area contributed by atoms with Gasteiger partial charge in [0.1, 0.15) is 0 Å². The SMILES string of the molecule is c1ccc(-c2ccccc2Nc2ccc(-c3ccccc3-n3c4ccccc4c4ccccc43)cc2)cc1. The molecule has 0 unspecified atom stereocenters. The highest BCUT2D eigenvalue weighted by molar-refractivity contribution is 6.09. The number of hydrogen-bond donors (Lipinski definition) is 1. The number of hydrogen-bond acceptors (Lipinski definition) is 1. The second-order valence-corrected chi connectivity index (χ2v) is 9.50. The fourth-order valence-electron chi connectivity index (χ4n) is 5.44. The van der Waals surface area contributed by atoms with Crippen LogP contribution in [0.25, 0.3) is 49.7 Å². The van der Waals surface area contributed by atoms with E-state index in [1.807, 2.05) is 0 Å². The molecule has 0 aliphatic carbocycles. The first kappa shape index (κ1) is 22.1. The molecular weight excluding hydrogens is 460 g/mol. The zero-order chi connectivity index (χ0) is 25.3. The Bertz CT molecular complexity index is 1830. The molecule has 1 aromatic heterocycles. The lowest BCUT2D eigenvalue weighted by Crippen LogP contribution is -1.97. The van der Waals surface area contributed by atoms with E-state index in [0.717, 1.165) is 11.4 Å². The molecular formula is C36H26N2. The molecule has 38 heavy (non-hydrogen) atoms. The van der Waals surface area contributed by atoms with Crippen LogP contribution < -0.4 is 5.32 Å². The van der Waals surface area contributed by atoms with Crippen LogP contribution in [0.1, 0.15) is 0 Å². The van der Waals surface area contributed by atoms with Gasteiger partial charge in [0, 0.05) is 33.3 Å². The van der Waals surface area contributed by atoms with Gasteiger partial charge in [-0.1, -0.05) is 115 Å². The summed E-state index contributed by atoms with van der Waals surface area (Å²) in [6, 6.07) is 53.7. The van der Waals surface area contributed by atoms with Crippen molar-refractivity contribution in [2.45, 2.75) is 0 Å². The molecule has 1 heterocycles. The standard InChI is InChI=1S/C36H26N2/c1-2-12-26(13-3-1)29-14-4-8-18-33(29)37-28-24-22-27(23-25-28)30-15-5-9-19-34(30)38-35-20-10-6-16-31(35)32-17-7-11-21-36(32)38/h1-25,37H. The summed E-state index contributed by atoms with van der Waals surface area (Å²) in [5.74, 6) is 0. The summed E-state index contributed by atoms with van der Waals surface area (Å²) in [6.45, 7) is 0. The Balaban J connectivity index is 1.28. The zero-order valence-corrected chi connectivity index (χ0v) is 20.9. The number of aromatic nitrogens is 1. The first-order chi connectivity index (χ1) is 18.9. The van der Waals surface area contributed by atoms with Crippen molar-refractivity contribution in [1.29, 1.82) is 0 Å². The maximum Gasteiger partial charge on any atom is 0.0541 e. The molecule has 0 saturated carbocycles. The van der Waals surface area contributed by atoms with Crippen molar-refractivity contribution in [1.82, 2.24) is 4.57 Å². The first-order valence-electron chi connectivity index (χ1n) is 13.0. The van der Waals surface area contributed by atoms with Crippen LogP contribution in [0, 0.1) is 0 Å². The van der Waals surface area contributed by atoms with Gasteiger partial charge < -0.3 is 9.88 Å². The lowest BCUT2D eigenvalue weighted by Gasteiger charge is -2.15. The minimum absolute atomic E-state index is 1.06. The molecule has 2 nitrogen and oxygen atoms in total. The molecule has 7 aromatic rings. The molecule has 0 radical (unpaired) electrons. The molecule has 7 rings (SSSR count). The topological polar surface area (TPSA) is 17.0 Å². The van der Waals surface area contributed by atoms with E-state index in [-0.39, 0.29) is 0 Å². The normalized spacial score (nSPS) is 11.2. The third kappa shape index (κ3) is 3.84. The van der Waals surface area contributed by atoms with Gasteiger partial charge in [0.2, 0.25) is 0 Å². The predicted molar refractivity (Wildman–Crippen MR) is 161 cm³/mol. The van der Waals surface area contributed by atoms with E-state index < -0.39 is 0 Å². The minimum atomic E-state index is 1.06. The van der Waals surface area contributed by atoms with E-state index in [2.05, 4.69) is 162 Å². The third-order valence-electron chi connectivity index (χ3n) is 7.21. The number of fused-ring (bicyclic) bond motifs is 3. The first-order valence-corrected chi connectivity index (χ1v) is 13.0. The van der Waals surface area contributed by atoms with Gasteiger partial charge in [-0.3, -0.25) is 0 Å². The number of benzene rings is 6. The highest BCUT2D eigenvalue weighted by atomic mass is 15.0. The van der Waals surface area contributed by atoms with Crippen molar-refractivity contribution < 1.29 is 0 Å². The van der Waals surface area contributed by atoms with Crippen LogP contribution in [0.3, 0.4) is 0 Å². The molecule has 0 aliphatic rings. The average molecular weight is 487 g/mol. The van der Waals surface area contributed by atoms with E-state index in [4.69, 9.17) is 0 Å². The number of para-hydroxylation sites is 4. The fraction of sp³-hybridized carbons (Fsp3) is 0. The molecule has 1 N–H and O–H groups in total. The van der Waals surface area contributed by atoms with Crippen LogP contribution >= 0.6 is 0 Å².